The largest absolute Gasteiger partial charge is 0.486 e. The van der Waals surface area contributed by atoms with Crippen molar-refractivity contribution < 1.29 is 23.8 Å². The van der Waals surface area contributed by atoms with Gasteiger partial charge in [0.1, 0.15) is 13.2 Å². The smallest absolute Gasteiger partial charge is 0.338 e. The first-order valence-corrected chi connectivity index (χ1v) is 9.39. The molecule has 0 bridgehead atoms. The summed E-state index contributed by atoms with van der Waals surface area (Å²) in [4.78, 5) is 25.1. The lowest BCUT2D eigenvalue weighted by atomic mass is 10.1. The molecule has 0 unspecified atom stereocenters. The molecule has 0 N–H and O–H groups in total. The summed E-state index contributed by atoms with van der Waals surface area (Å²) in [6.07, 6.45) is 0. The number of nitrogens with zero attached hydrogens (tertiary/aromatic N) is 1. The highest BCUT2D eigenvalue weighted by molar-refractivity contribution is 6.00. The molecule has 0 saturated heterocycles. The van der Waals surface area contributed by atoms with Crippen LogP contribution in [0.5, 0.6) is 11.5 Å². The molecule has 2 aromatic carbocycles. The highest BCUT2D eigenvalue weighted by Gasteiger charge is 2.20. The molecule has 29 heavy (non-hydrogen) atoms. The normalized spacial score (nSPS) is 12.5. The van der Waals surface area contributed by atoms with Gasteiger partial charge in [0.05, 0.1) is 5.56 Å². The van der Waals surface area contributed by atoms with Crippen molar-refractivity contribution in [3.05, 3.63) is 77.1 Å². The minimum absolute atomic E-state index is 0.244. The van der Waals surface area contributed by atoms with Crippen LogP contribution >= 0.6 is 0 Å². The number of rotatable bonds is 5. The lowest BCUT2D eigenvalue weighted by molar-refractivity contribution is 0.0473. The number of hydrogen-bond donors (Lipinski definition) is 0. The Hall–Kier alpha value is -3.54. The zero-order chi connectivity index (χ0) is 20.4. The Morgan fingerprint density at radius 3 is 2.45 bits per heavy atom. The van der Waals surface area contributed by atoms with E-state index in [9.17, 15) is 9.59 Å². The molecule has 0 amide bonds. The van der Waals surface area contributed by atoms with Crippen molar-refractivity contribution >= 4 is 11.8 Å². The van der Waals surface area contributed by atoms with E-state index in [0.717, 1.165) is 17.1 Å². The van der Waals surface area contributed by atoms with Crippen LogP contribution < -0.4 is 9.47 Å². The van der Waals surface area contributed by atoms with Crippen molar-refractivity contribution in [2.45, 2.75) is 13.8 Å². The summed E-state index contributed by atoms with van der Waals surface area (Å²) in [6, 6.07) is 16.5. The number of Topliss-reactive ketones (excluding diaryl/α,β-unsaturated/α-hetero) is 1. The maximum atomic E-state index is 12.7. The summed E-state index contributed by atoms with van der Waals surface area (Å²) in [7, 11) is 0. The highest BCUT2D eigenvalue weighted by atomic mass is 16.6. The molecular weight excluding hydrogens is 370 g/mol. The number of ketones is 1. The molecule has 0 saturated carbocycles. The van der Waals surface area contributed by atoms with E-state index >= 15 is 0 Å². The molecule has 1 aromatic heterocycles. The number of benzene rings is 2. The molecule has 0 radical (unpaired) electrons. The average Bonchev–Trinajstić information content (AvgIpc) is 3.06. The van der Waals surface area contributed by atoms with Crippen molar-refractivity contribution in [1.82, 2.24) is 4.57 Å². The van der Waals surface area contributed by atoms with Crippen LogP contribution in [0.1, 0.15) is 32.1 Å². The summed E-state index contributed by atoms with van der Waals surface area (Å²) in [5.74, 6) is 0.277. The van der Waals surface area contributed by atoms with Crippen molar-refractivity contribution in [2.24, 2.45) is 0 Å². The third-order valence-corrected chi connectivity index (χ3v) is 4.86. The molecule has 2 heterocycles. The number of para-hydroxylation sites is 1. The summed E-state index contributed by atoms with van der Waals surface area (Å²) < 4.78 is 18.2. The van der Waals surface area contributed by atoms with Crippen LogP contribution in [0.15, 0.2) is 54.6 Å². The predicted molar refractivity (Wildman–Crippen MR) is 107 cm³/mol. The van der Waals surface area contributed by atoms with Crippen LogP contribution in [-0.4, -0.2) is 36.1 Å². The summed E-state index contributed by atoms with van der Waals surface area (Å²) in [5.41, 5.74) is 3.59. The van der Waals surface area contributed by atoms with Crippen LogP contribution in [0.2, 0.25) is 0 Å². The van der Waals surface area contributed by atoms with E-state index in [4.69, 9.17) is 14.2 Å². The van der Waals surface area contributed by atoms with Gasteiger partial charge >= 0.3 is 5.97 Å². The Morgan fingerprint density at radius 2 is 1.69 bits per heavy atom. The molecule has 0 spiro atoms. The summed E-state index contributed by atoms with van der Waals surface area (Å²) in [6.45, 7) is 4.41. The average molecular weight is 391 g/mol. The quantitative estimate of drug-likeness (QED) is 0.487. The molecule has 1 aliphatic rings. The summed E-state index contributed by atoms with van der Waals surface area (Å²) in [5, 5.41) is 0. The van der Waals surface area contributed by atoms with E-state index in [1.54, 1.807) is 18.2 Å². The number of aromatic nitrogens is 1. The molecule has 6 nitrogen and oxygen atoms in total. The monoisotopic (exact) mass is 391 g/mol. The van der Waals surface area contributed by atoms with Crippen LogP contribution in [0.4, 0.5) is 0 Å². The number of carbonyl (C=O) groups excluding carboxylic acids is 2. The van der Waals surface area contributed by atoms with Gasteiger partial charge in [0.2, 0.25) is 5.78 Å². The van der Waals surface area contributed by atoms with Gasteiger partial charge in [0.15, 0.2) is 18.1 Å². The Labute approximate surface area is 168 Å². The molecular formula is C23H21NO5. The first-order chi connectivity index (χ1) is 14.0. The summed E-state index contributed by atoms with van der Waals surface area (Å²) >= 11 is 0. The van der Waals surface area contributed by atoms with Gasteiger partial charge in [0.25, 0.3) is 0 Å². The molecule has 3 aromatic rings. The van der Waals surface area contributed by atoms with Crippen molar-refractivity contribution in [3.8, 4) is 17.2 Å². The van der Waals surface area contributed by atoms with Gasteiger partial charge < -0.3 is 18.8 Å². The lowest BCUT2D eigenvalue weighted by Crippen LogP contribution is -2.17. The predicted octanol–water partition coefficient (Wildman–Crippen LogP) is 3.91. The second kappa shape index (κ2) is 7.83. The van der Waals surface area contributed by atoms with Gasteiger partial charge in [-0.15, -0.1) is 0 Å². The fourth-order valence-electron chi connectivity index (χ4n) is 3.48. The third kappa shape index (κ3) is 3.74. The van der Waals surface area contributed by atoms with Crippen LogP contribution in [-0.2, 0) is 4.74 Å². The van der Waals surface area contributed by atoms with E-state index in [1.165, 1.54) is 0 Å². The second-order valence-electron chi connectivity index (χ2n) is 6.81. The van der Waals surface area contributed by atoms with E-state index in [-0.39, 0.29) is 12.4 Å². The number of carbonyl (C=O) groups is 2. The van der Waals surface area contributed by atoms with Gasteiger partial charge in [0, 0.05) is 22.6 Å². The Kier molecular flexibility index (Phi) is 5.08. The third-order valence-electron chi connectivity index (χ3n) is 4.86. The lowest BCUT2D eigenvalue weighted by Gasteiger charge is -2.18. The molecule has 6 heteroatoms. The van der Waals surface area contributed by atoms with Crippen LogP contribution in [0.3, 0.4) is 0 Å². The zero-order valence-corrected chi connectivity index (χ0v) is 16.3. The van der Waals surface area contributed by atoms with Gasteiger partial charge in [-0.2, -0.15) is 0 Å². The minimum Gasteiger partial charge on any atom is -0.486 e. The number of ether oxygens (including phenoxy) is 3. The highest BCUT2D eigenvalue weighted by Crippen LogP contribution is 2.31. The fraction of sp³-hybridized carbons (Fsp3) is 0.217. The fourth-order valence-corrected chi connectivity index (χ4v) is 3.48. The first kappa shape index (κ1) is 18.8. The number of esters is 1. The standard InChI is InChI=1S/C23H21NO5/c1-15-12-19(16(2)24(15)18-6-4-3-5-7-18)20(25)14-29-23(26)17-8-9-21-22(13-17)28-11-10-27-21/h3-9,12-13H,10-11,14H2,1-2H3. The maximum absolute atomic E-state index is 12.7. The number of hydrogen-bond acceptors (Lipinski definition) is 5. The first-order valence-electron chi connectivity index (χ1n) is 9.39. The van der Waals surface area contributed by atoms with E-state index in [0.29, 0.717) is 35.8 Å². The van der Waals surface area contributed by atoms with Gasteiger partial charge in [-0.25, -0.2) is 4.79 Å². The Morgan fingerprint density at radius 1 is 0.966 bits per heavy atom. The van der Waals surface area contributed by atoms with Crippen LogP contribution in [0.25, 0.3) is 5.69 Å². The van der Waals surface area contributed by atoms with Crippen LogP contribution in [0, 0.1) is 13.8 Å². The SMILES string of the molecule is Cc1cc(C(=O)COC(=O)c2ccc3c(c2)OCCO3)c(C)n1-c1ccccc1. The molecule has 148 valence electrons. The maximum Gasteiger partial charge on any atom is 0.338 e. The van der Waals surface area contributed by atoms with Crippen molar-refractivity contribution in [1.29, 1.82) is 0 Å². The number of fused-ring (bicyclic) bond motifs is 1. The van der Waals surface area contributed by atoms with E-state index in [2.05, 4.69) is 0 Å². The molecule has 4 rings (SSSR count). The van der Waals surface area contributed by atoms with Gasteiger partial charge in [-0.05, 0) is 50.2 Å². The minimum atomic E-state index is -0.577. The van der Waals surface area contributed by atoms with E-state index < -0.39 is 5.97 Å². The Balaban J connectivity index is 1.47. The second-order valence-corrected chi connectivity index (χ2v) is 6.81. The topological polar surface area (TPSA) is 66.8 Å². The Bertz CT molecular complexity index is 1070. The molecule has 0 aliphatic carbocycles. The van der Waals surface area contributed by atoms with Crippen molar-refractivity contribution in [3.63, 3.8) is 0 Å². The van der Waals surface area contributed by atoms with E-state index in [1.807, 2.05) is 54.8 Å². The van der Waals surface area contributed by atoms with Crippen molar-refractivity contribution in [2.75, 3.05) is 19.8 Å². The van der Waals surface area contributed by atoms with Gasteiger partial charge in [-0.1, -0.05) is 18.2 Å². The molecule has 0 atom stereocenters. The molecule has 0 fully saturated rings. The number of aryl methyl sites for hydroxylation is 1. The molecule has 1 aliphatic heterocycles. The van der Waals surface area contributed by atoms with Gasteiger partial charge in [-0.3, -0.25) is 4.79 Å². The zero-order valence-electron chi connectivity index (χ0n) is 16.3.